The molecule has 2 aromatic heterocycles. The van der Waals surface area contributed by atoms with Crippen LogP contribution in [0.4, 0.5) is 5.82 Å². The van der Waals surface area contributed by atoms with Crippen LogP contribution in [0.1, 0.15) is 11.1 Å². The molecule has 4 rings (SSSR count). The quantitative estimate of drug-likeness (QED) is 0.321. The van der Waals surface area contributed by atoms with Gasteiger partial charge in [-0.15, -0.1) is 0 Å². The van der Waals surface area contributed by atoms with Crippen molar-refractivity contribution in [2.24, 2.45) is 5.16 Å². The molecule has 2 aromatic carbocycles. The maximum absolute atomic E-state index is 9.55. The number of hydrogen-bond acceptors (Lipinski definition) is 4. The third kappa shape index (κ3) is 2.78. The topological polar surface area (TPSA) is 75.9 Å². The summed E-state index contributed by atoms with van der Waals surface area (Å²) in [6, 6.07) is 20.6. The number of pyridine rings is 1. The summed E-state index contributed by atoms with van der Waals surface area (Å²) in [5.41, 5.74) is 10.5. The van der Waals surface area contributed by atoms with Crippen LogP contribution in [0.15, 0.2) is 78.1 Å². The van der Waals surface area contributed by atoms with Crippen molar-refractivity contribution in [3.8, 4) is 11.3 Å². The zero-order valence-electron chi connectivity index (χ0n) is 13.7. The molecule has 0 aliphatic rings. The van der Waals surface area contributed by atoms with Crippen LogP contribution in [0.2, 0.25) is 5.02 Å². The lowest BCUT2D eigenvalue weighted by Gasteiger charge is -2.08. The summed E-state index contributed by atoms with van der Waals surface area (Å²) in [6.45, 7) is 0. The second kappa shape index (κ2) is 6.54. The molecule has 0 aliphatic carbocycles. The first-order valence-corrected chi connectivity index (χ1v) is 8.36. The molecule has 0 spiro atoms. The van der Waals surface area contributed by atoms with Crippen LogP contribution in [-0.2, 0) is 0 Å². The molecule has 5 nitrogen and oxygen atoms in total. The van der Waals surface area contributed by atoms with E-state index in [1.54, 1.807) is 0 Å². The van der Waals surface area contributed by atoms with E-state index in [1.165, 1.54) is 0 Å². The van der Waals surface area contributed by atoms with Gasteiger partial charge in [0.25, 0.3) is 0 Å². The van der Waals surface area contributed by atoms with Gasteiger partial charge in [-0.3, -0.25) is 4.40 Å². The Morgan fingerprint density at radius 2 is 1.81 bits per heavy atom. The average Bonchev–Trinajstić information content (AvgIpc) is 2.98. The second-order valence-corrected chi connectivity index (χ2v) is 6.25. The summed E-state index contributed by atoms with van der Waals surface area (Å²) in [6.07, 6.45) is 1.86. The van der Waals surface area contributed by atoms with Crippen molar-refractivity contribution in [1.82, 2.24) is 9.38 Å². The highest BCUT2D eigenvalue weighted by atomic mass is 35.5. The Bertz CT molecular complexity index is 1120. The van der Waals surface area contributed by atoms with Crippen molar-refractivity contribution in [3.63, 3.8) is 0 Å². The van der Waals surface area contributed by atoms with Gasteiger partial charge >= 0.3 is 0 Å². The Hall–Kier alpha value is -3.31. The van der Waals surface area contributed by atoms with Gasteiger partial charge in [0.1, 0.15) is 11.4 Å². The lowest BCUT2D eigenvalue weighted by molar-refractivity contribution is 0.319. The molecule has 3 N–H and O–H groups in total. The number of halogens is 1. The van der Waals surface area contributed by atoms with Gasteiger partial charge in [-0.2, -0.15) is 0 Å². The molecule has 0 aliphatic heterocycles. The minimum absolute atomic E-state index is 0.409. The summed E-state index contributed by atoms with van der Waals surface area (Å²) in [4.78, 5) is 4.41. The minimum atomic E-state index is 0.409. The fourth-order valence-corrected chi connectivity index (χ4v) is 3.19. The minimum Gasteiger partial charge on any atom is -0.410 e. The Labute approximate surface area is 155 Å². The predicted octanol–water partition coefficient (Wildman–Crippen LogP) is 4.46. The number of hydrogen-bond donors (Lipinski definition) is 2. The van der Waals surface area contributed by atoms with E-state index in [4.69, 9.17) is 17.3 Å². The molecule has 0 fully saturated rings. The Balaban J connectivity index is 1.91. The van der Waals surface area contributed by atoms with Gasteiger partial charge in [0.2, 0.25) is 0 Å². The van der Waals surface area contributed by atoms with Crippen LogP contribution < -0.4 is 5.73 Å². The third-order valence-corrected chi connectivity index (χ3v) is 4.40. The number of oxime groups is 1. The number of aromatic nitrogens is 2. The summed E-state index contributed by atoms with van der Waals surface area (Å²) in [7, 11) is 0. The molecule has 0 unspecified atom stereocenters. The Morgan fingerprint density at radius 1 is 1.00 bits per heavy atom. The van der Waals surface area contributed by atoms with Gasteiger partial charge in [0.15, 0.2) is 5.82 Å². The summed E-state index contributed by atoms with van der Waals surface area (Å²) in [5, 5.41) is 13.7. The monoisotopic (exact) mass is 362 g/mol. The predicted molar refractivity (Wildman–Crippen MR) is 104 cm³/mol. The molecule has 0 saturated carbocycles. The van der Waals surface area contributed by atoms with E-state index in [1.807, 2.05) is 77.3 Å². The maximum Gasteiger partial charge on any atom is 0.150 e. The number of nitrogens with zero attached hydrogens (tertiary/aromatic N) is 3. The fourth-order valence-electron chi connectivity index (χ4n) is 3.00. The van der Waals surface area contributed by atoms with Crippen molar-refractivity contribution >= 4 is 28.8 Å². The number of fused-ring (bicyclic) bond motifs is 1. The van der Waals surface area contributed by atoms with Crippen LogP contribution in [0.5, 0.6) is 0 Å². The maximum atomic E-state index is 9.55. The smallest absolute Gasteiger partial charge is 0.150 e. The van der Waals surface area contributed by atoms with E-state index in [0.717, 1.165) is 22.4 Å². The normalized spacial score (nSPS) is 11.8. The molecule has 26 heavy (non-hydrogen) atoms. The first-order chi connectivity index (χ1) is 12.7. The molecular weight excluding hydrogens is 348 g/mol. The third-order valence-electron chi connectivity index (χ3n) is 4.16. The van der Waals surface area contributed by atoms with Crippen LogP contribution in [0.3, 0.4) is 0 Å². The Morgan fingerprint density at radius 3 is 2.54 bits per heavy atom. The van der Waals surface area contributed by atoms with E-state index in [2.05, 4.69) is 10.1 Å². The molecule has 0 bridgehead atoms. The van der Waals surface area contributed by atoms with Crippen LogP contribution in [0.25, 0.3) is 16.9 Å². The average molecular weight is 363 g/mol. The zero-order valence-corrected chi connectivity index (χ0v) is 14.4. The molecule has 0 radical (unpaired) electrons. The zero-order chi connectivity index (χ0) is 18.1. The molecule has 0 atom stereocenters. The van der Waals surface area contributed by atoms with Gasteiger partial charge in [-0.25, -0.2) is 4.98 Å². The van der Waals surface area contributed by atoms with Crippen LogP contribution >= 0.6 is 11.6 Å². The highest BCUT2D eigenvalue weighted by Crippen LogP contribution is 2.29. The lowest BCUT2D eigenvalue weighted by atomic mass is 10.0. The van der Waals surface area contributed by atoms with Crippen molar-refractivity contribution in [3.05, 3.63) is 89.1 Å². The fraction of sp³-hybridized carbons (Fsp3) is 0. The van der Waals surface area contributed by atoms with Gasteiger partial charge in [-0.05, 0) is 24.3 Å². The SMILES string of the molecule is Nc1nc2ccc(C(=NO)c3ccccc3)cn2c1-c1cccc(Cl)c1. The summed E-state index contributed by atoms with van der Waals surface area (Å²) < 4.78 is 1.88. The van der Waals surface area contributed by atoms with Crippen molar-refractivity contribution < 1.29 is 5.21 Å². The van der Waals surface area contributed by atoms with E-state index in [0.29, 0.717) is 22.2 Å². The largest absolute Gasteiger partial charge is 0.410 e. The first-order valence-electron chi connectivity index (χ1n) is 7.99. The molecule has 0 amide bonds. The van der Waals surface area contributed by atoms with Crippen molar-refractivity contribution in [2.45, 2.75) is 0 Å². The molecular formula is C20H15ClN4O. The molecule has 2 heterocycles. The number of anilines is 1. The number of benzene rings is 2. The lowest BCUT2D eigenvalue weighted by Crippen LogP contribution is -2.05. The van der Waals surface area contributed by atoms with E-state index >= 15 is 0 Å². The van der Waals surface area contributed by atoms with Crippen LogP contribution in [-0.4, -0.2) is 20.3 Å². The van der Waals surface area contributed by atoms with Gasteiger partial charge < -0.3 is 10.9 Å². The molecule has 128 valence electrons. The van der Waals surface area contributed by atoms with Crippen molar-refractivity contribution in [1.29, 1.82) is 0 Å². The van der Waals surface area contributed by atoms with Gasteiger partial charge in [0, 0.05) is 27.9 Å². The number of imidazole rings is 1. The number of rotatable bonds is 3. The second-order valence-electron chi connectivity index (χ2n) is 5.82. The number of nitrogens with two attached hydrogens (primary N) is 1. The Kier molecular flexibility index (Phi) is 4.07. The number of nitrogen functional groups attached to an aromatic ring is 1. The van der Waals surface area contributed by atoms with Gasteiger partial charge in [0.05, 0.1) is 5.69 Å². The van der Waals surface area contributed by atoms with E-state index < -0.39 is 0 Å². The molecule has 6 heteroatoms. The summed E-state index contributed by atoms with van der Waals surface area (Å²) in [5.74, 6) is 0.409. The van der Waals surface area contributed by atoms with E-state index in [-0.39, 0.29) is 0 Å². The van der Waals surface area contributed by atoms with Gasteiger partial charge in [-0.1, -0.05) is 59.2 Å². The highest BCUT2D eigenvalue weighted by molar-refractivity contribution is 6.30. The van der Waals surface area contributed by atoms with Crippen LogP contribution in [0, 0.1) is 0 Å². The first kappa shape index (κ1) is 16.2. The van der Waals surface area contributed by atoms with E-state index in [9.17, 15) is 5.21 Å². The highest BCUT2D eigenvalue weighted by Gasteiger charge is 2.15. The molecule has 0 saturated heterocycles. The molecule has 4 aromatic rings. The van der Waals surface area contributed by atoms with Crippen molar-refractivity contribution in [2.75, 3.05) is 5.73 Å². The standard InChI is InChI=1S/C20H15ClN4O/c21-16-8-4-7-14(11-16)19-20(22)23-17-10-9-15(12-25(17)19)18(24-26)13-5-2-1-3-6-13/h1-12,26H,22H2. The summed E-state index contributed by atoms with van der Waals surface area (Å²) >= 11 is 6.13.